The molecule has 1 unspecified atom stereocenters. The molecule has 1 aromatic rings. The molecular formula is C15H21NO3. The number of hydrogen-bond acceptors (Lipinski definition) is 4. The third-order valence-electron chi connectivity index (χ3n) is 3.50. The second-order valence-corrected chi connectivity index (χ2v) is 4.88. The van der Waals surface area contributed by atoms with E-state index in [1.807, 2.05) is 0 Å². The number of hydrogen-bond donors (Lipinski definition) is 1. The topological polar surface area (TPSA) is 47.6 Å². The molecule has 1 fully saturated rings. The molecular weight excluding hydrogens is 242 g/mol. The van der Waals surface area contributed by atoms with Crippen molar-refractivity contribution in [2.45, 2.75) is 19.3 Å². The number of methoxy groups -OCH3 is 1. The van der Waals surface area contributed by atoms with Crippen molar-refractivity contribution in [1.29, 1.82) is 0 Å². The molecule has 2 rings (SSSR count). The van der Waals surface area contributed by atoms with Crippen molar-refractivity contribution in [2.24, 2.45) is 5.92 Å². The lowest BCUT2D eigenvalue weighted by atomic mass is 10.0. The number of ether oxygens (including phenoxy) is 2. The van der Waals surface area contributed by atoms with Crippen LogP contribution in [0.15, 0.2) is 18.2 Å². The van der Waals surface area contributed by atoms with E-state index in [1.165, 1.54) is 12.8 Å². The molecule has 1 atom stereocenters. The smallest absolute Gasteiger partial charge is 0.161 e. The van der Waals surface area contributed by atoms with E-state index in [4.69, 9.17) is 9.47 Å². The first-order chi connectivity index (χ1) is 9.33. The summed E-state index contributed by atoms with van der Waals surface area (Å²) in [6, 6.07) is 5.21. The quantitative estimate of drug-likeness (QED) is 0.605. The molecule has 19 heavy (non-hydrogen) atoms. The van der Waals surface area contributed by atoms with Crippen molar-refractivity contribution < 1.29 is 14.3 Å². The van der Waals surface area contributed by atoms with Crippen molar-refractivity contribution >= 4 is 6.29 Å². The molecule has 0 saturated carbocycles. The fourth-order valence-electron chi connectivity index (χ4n) is 2.39. The van der Waals surface area contributed by atoms with Crippen LogP contribution in [0.4, 0.5) is 0 Å². The van der Waals surface area contributed by atoms with Crippen LogP contribution in [0.1, 0.15) is 29.6 Å². The van der Waals surface area contributed by atoms with Crippen LogP contribution in [0.25, 0.3) is 0 Å². The highest BCUT2D eigenvalue weighted by molar-refractivity contribution is 5.76. The van der Waals surface area contributed by atoms with Gasteiger partial charge in [-0.05, 0) is 56.5 Å². The summed E-state index contributed by atoms with van der Waals surface area (Å²) in [7, 11) is 1.60. The van der Waals surface area contributed by atoms with Crippen LogP contribution >= 0.6 is 0 Å². The Kier molecular flexibility index (Phi) is 5.21. The van der Waals surface area contributed by atoms with Gasteiger partial charge in [-0.1, -0.05) is 0 Å². The minimum absolute atomic E-state index is 0.607. The van der Waals surface area contributed by atoms with E-state index in [2.05, 4.69) is 5.32 Å². The standard InChI is InChI=1S/C15H21NO3/c1-18-14-5-4-13(11-17)9-15(14)19-8-2-3-12-6-7-16-10-12/h4-5,9,11-12,16H,2-3,6-8,10H2,1H3. The highest BCUT2D eigenvalue weighted by Crippen LogP contribution is 2.28. The Morgan fingerprint density at radius 3 is 3.00 bits per heavy atom. The van der Waals surface area contributed by atoms with Crippen LogP contribution < -0.4 is 14.8 Å². The summed E-state index contributed by atoms with van der Waals surface area (Å²) >= 11 is 0. The fraction of sp³-hybridized carbons (Fsp3) is 0.533. The van der Waals surface area contributed by atoms with E-state index in [0.29, 0.717) is 23.7 Å². The molecule has 1 N–H and O–H groups in total. The Morgan fingerprint density at radius 2 is 2.32 bits per heavy atom. The van der Waals surface area contributed by atoms with Crippen molar-refractivity contribution in [2.75, 3.05) is 26.8 Å². The van der Waals surface area contributed by atoms with Gasteiger partial charge in [-0.3, -0.25) is 4.79 Å². The normalized spacial score (nSPS) is 18.3. The molecule has 1 saturated heterocycles. The van der Waals surface area contributed by atoms with Crippen LogP contribution in [0.2, 0.25) is 0 Å². The molecule has 1 aliphatic rings. The second kappa shape index (κ2) is 7.14. The summed E-state index contributed by atoms with van der Waals surface area (Å²) in [5, 5.41) is 3.36. The molecule has 0 bridgehead atoms. The molecule has 4 heteroatoms. The van der Waals surface area contributed by atoms with Crippen molar-refractivity contribution in [3.63, 3.8) is 0 Å². The summed E-state index contributed by atoms with van der Waals surface area (Å²) in [5.74, 6) is 2.11. The summed E-state index contributed by atoms with van der Waals surface area (Å²) in [6.07, 6.45) is 4.30. The highest BCUT2D eigenvalue weighted by Gasteiger charge is 2.13. The number of nitrogens with one attached hydrogen (secondary N) is 1. The maximum atomic E-state index is 10.8. The summed E-state index contributed by atoms with van der Waals surface area (Å²) in [4.78, 5) is 10.8. The lowest BCUT2D eigenvalue weighted by Crippen LogP contribution is -2.10. The minimum atomic E-state index is 0.607. The SMILES string of the molecule is COc1ccc(C=O)cc1OCCCC1CCNC1. The molecule has 104 valence electrons. The first-order valence-electron chi connectivity index (χ1n) is 6.80. The van der Waals surface area contributed by atoms with Gasteiger partial charge in [-0.25, -0.2) is 0 Å². The van der Waals surface area contributed by atoms with E-state index in [1.54, 1.807) is 25.3 Å². The van der Waals surface area contributed by atoms with Gasteiger partial charge >= 0.3 is 0 Å². The van der Waals surface area contributed by atoms with Gasteiger partial charge in [0.25, 0.3) is 0 Å². The summed E-state index contributed by atoms with van der Waals surface area (Å²) < 4.78 is 11.0. The average molecular weight is 263 g/mol. The molecule has 1 aliphatic heterocycles. The van der Waals surface area contributed by atoms with Gasteiger partial charge in [0, 0.05) is 5.56 Å². The Morgan fingerprint density at radius 1 is 1.42 bits per heavy atom. The van der Waals surface area contributed by atoms with E-state index >= 15 is 0 Å². The third-order valence-corrected chi connectivity index (χ3v) is 3.50. The van der Waals surface area contributed by atoms with E-state index < -0.39 is 0 Å². The van der Waals surface area contributed by atoms with E-state index in [-0.39, 0.29) is 0 Å². The van der Waals surface area contributed by atoms with Gasteiger partial charge in [0.05, 0.1) is 13.7 Å². The molecule has 0 aromatic heterocycles. The molecule has 4 nitrogen and oxygen atoms in total. The molecule has 0 radical (unpaired) electrons. The summed E-state index contributed by atoms with van der Waals surface area (Å²) in [6.45, 7) is 2.93. The van der Waals surface area contributed by atoms with E-state index in [0.717, 1.165) is 31.7 Å². The summed E-state index contributed by atoms with van der Waals surface area (Å²) in [5.41, 5.74) is 0.607. The highest BCUT2D eigenvalue weighted by atomic mass is 16.5. The Labute approximate surface area is 114 Å². The number of rotatable bonds is 7. The van der Waals surface area contributed by atoms with Gasteiger partial charge in [-0.2, -0.15) is 0 Å². The fourth-order valence-corrected chi connectivity index (χ4v) is 2.39. The van der Waals surface area contributed by atoms with Crippen LogP contribution in [0, 0.1) is 5.92 Å². The van der Waals surface area contributed by atoms with Gasteiger partial charge < -0.3 is 14.8 Å². The van der Waals surface area contributed by atoms with Gasteiger partial charge in [0.15, 0.2) is 11.5 Å². The first-order valence-corrected chi connectivity index (χ1v) is 6.80. The number of aldehydes is 1. The Bertz CT molecular complexity index is 414. The van der Waals surface area contributed by atoms with Crippen LogP contribution in [0.5, 0.6) is 11.5 Å². The predicted molar refractivity (Wildman–Crippen MR) is 74.1 cm³/mol. The van der Waals surface area contributed by atoms with Crippen molar-refractivity contribution in [3.05, 3.63) is 23.8 Å². The van der Waals surface area contributed by atoms with Crippen LogP contribution in [-0.2, 0) is 0 Å². The van der Waals surface area contributed by atoms with Gasteiger partial charge in [-0.15, -0.1) is 0 Å². The zero-order valence-corrected chi connectivity index (χ0v) is 11.4. The predicted octanol–water partition coefficient (Wildman–Crippen LogP) is 2.28. The number of benzene rings is 1. The van der Waals surface area contributed by atoms with Gasteiger partial charge in [0.1, 0.15) is 6.29 Å². The maximum absolute atomic E-state index is 10.8. The van der Waals surface area contributed by atoms with Crippen LogP contribution in [0.3, 0.4) is 0 Å². The molecule has 0 aliphatic carbocycles. The van der Waals surface area contributed by atoms with Crippen molar-refractivity contribution in [3.8, 4) is 11.5 Å². The zero-order valence-electron chi connectivity index (χ0n) is 11.4. The monoisotopic (exact) mass is 263 g/mol. The Hall–Kier alpha value is -1.55. The van der Waals surface area contributed by atoms with Gasteiger partial charge in [0.2, 0.25) is 0 Å². The number of carbonyl (C=O) groups excluding carboxylic acids is 1. The molecule has 0 amide bonds. The second-order valence-electron chi connectivity index (χ2n) is 4.88. The molecule has 1 aromatic carbocycles. The minimum Gasteiger partial charge on any atom is -0.493 e. The lowest BCUT2D eigenvalue weighted by Gasteiger charge is -2.12. The molecule has 0 spiro atoms. The maximum Gasteiger partial charge on any atom is 0.161 e. The van der Waals surface area contributed by atoms with Crippen LogP contribution in [-0.4, -0.2) is 33.1 Å². The van der Waals surface area contributed by atoms with Crippen molar-refractivity contribution in [1.82, 2.24) is 5.32 Å². The lowest BCUT2D eigenvalue weighted by molar-refractivity contribution is 0.112. The third kappa shape index (κ3) is 3.96. The largest absolute Gasteiger partial charge is 0.493 e. The average Bonchev–Trinajstić information content (AvgIpc) is 2.96. The first kappa shape index (κ1) is 13.9. The Balaban J connectivity index is 1.81. The molecule has 1 heterocycles. The zero-order chi connectivity index (χ0) is 13.5. The number of carbonyl (C=O) groups is 1. The van der Waals surface area contributed by atoms with E-state index in [9.17, 15) is 4.79 Å².